The van der Waals surface area contributed by atoms with Crippen LogP contribution in [-0.4, -0.2) is 59.1 Å². The summed E-state index contributed by atoms with van der Waals surface area (Å²) in [6.45, 7) is 1.39. The van der Waals surface area contributed by atoms with Gasteiger partial charge in [0.1, 0.15) is 0 Å². The molecule has 2 aliphatic heterocycles. The Hall–Kier alpha value is -3.13. The lowest BCUT2D eigenvalue weighted by Crippen LogP contribution is -2.50. The molecular weight excluding hydrogens is 460 g/mol. The number of anilines is 1. The van der Waals surface area contributed by atoms with E-state index in [9.17, 15) is 9.59 Å². The highest BCUT2D eigenvalue weighted by Gasteiger charge is 2.52. The second-order valence-corrected chi connectivity index (χ2v) is 10.2. The van der Waals surface area contributed by atoms with Crippen molar-refractivity contribution in [2.75, 3.05) is 37.1 Å². The van der Waals surface area contributed by atoms with E-state index in [0.29, 0.717) is 32.5 Å². The van der Waals surface area contributed by atoms with Crippen molar-refractivity contribution in [3.8, 4) is 0 Å². The maximum Gasteiger partial charge on any atom is 0.409 e. The monoisotopic (exact) mass is 490 g/mol. The molecule has 0 N–H and O–H groups in total. The van der Waals surface area contributed by atoms with Crippen molar-refractivity contribution in [2.45, 2.75) is 37.6 Å². The number of nitrogens with zero attached hydrogens (tertiary/aromatic N) is 4. The summed E-state index contributed by atoms with van der Waals surface area (Å²) in [6.07, 6.45) is 10.4. The number of fused-ring (bicyclic) bond motifs is 3. The average molecular weight is 491 g/mol. The molecule has 2 aliphatic rings. The van der Waals surface area contributed by atoms with Gasteiger partial charge >= 0.3 is 6.09 Å². The van der Waals surface area contributed by atoms with Gasteiger partial charge in [0, 0.05) is 30.9 Å². The molecule has 4 heterocycles. The van der Waals surface area contributed by atoms with Crippen molar-refractivity contribution in [1.29, 1.82) is 0 Å². The summed E-state index contributed by atoms with van der Waals surface area (Å²) in [4.78, 5) is 38.8. The lowest BCUT2D eigenvalue weighted by molar-refractivity contribution is -0.124. The van der Waals surface area contributed by atoms with Gasteiger partial charge in [-0.25, -0.2) is 4.79 Å². The maximum absolute atomic E-state index is 14.1. The van der Waals surface area contributed by atoms with Crippen molar-refractivity contribution >= 4 is 40.2 Å². The summed E-state index contributed by atoms with van der Waals surface area (Å²) in [5, 5.41) is 2.33. The van der Waals surface area contributed by atoms with Gasteiger partial charge in [-0.1, -0.05) is 24.3 Å². The minimum atomic E-state index is -0.640. The molecule has 2 amide bonds. The van der Waals surface area contributed by atoms with Crippen LogP contribution in [0.2, 0.25) is 0 Å². The van der Waals surface area contributed by atoms with Crippen molar-refractivity contribution in [3.63, 3.8) is 0 Å². The number of aromatic nitrogens is 2. The van der Waals surface area contributed by atoms with Gasteiger partial charge in [0.25, 0.3) is 0 Å². The Kier molecular flexibility index (Phi) is 6.65. The van der Waals surface area contributed by atoms with E-state index >= 15 is 0 Å². The standard InChI is InChI=1S/C27H30N4O3S/c1-34-26(33)30-13-10-27(11-14-30)22-9-12-28-17-24(22)31(25(27)32)18-23-21(8-5-15-35-2)20-7-4-3-6-19(20)16-29-23/h3-4,6-7,9,12,16-17H,5,8,10-11,13-15,18H2,1-2H3. The number of likely N-dealkylation sites (tertiary alicyclic amines) is 1. The van der Waals surface area contributed by atoms with Crippen LogP contribution in [0.15, 0.2) is 48.9 Å². The van der Waals surface area contributed by atoms with Gasteiger partial charge in [-0.15, -0.1) is 0 Å². The predicted octanol–water partition coefficient (Wildman–Crippen LogP) is 4.57. The average Bonchev–Trinajstić information content (AvgIpc) is 3.12. The Morgan fingerprint density at radius 2 is 1.97 bits per heavy atom. The highest BCUT2D eigenvalue weighted by molar-refractivity contribution is 7.98. The highest BCUT2D eigenvalue weighted by atomic mass is 32.2. The number of methoxy groups -OCH3 is 1. The molecular formula is C27H30N4O3S. The van der Waals surface area contributed by atoms with Gasteiger partial charge in [0.05, 0.1) is 36.6 Å². The summed E-state index contributed by atoms with van der Waals surface area (Å²) in [5.74, 6) is 1.16. The molecule has 182 valence electrons. The minimum Gasteiger partial charge on any atom is -0.453 e. The van der Waals surface area contributed by atoms with Crippen LogP contribution in [0.5, 0.6) is 0 Å². The van der Waals surface area contributed by atoms with E-state index in [1.807, 2.05) is 35.0 Å². The SMILES string of the molecule is COC(=O)N1CCC2(CC1)C(=O)N(Cc1ncc3ccccc3c1CCCSC)c1cnccc12. The third-order valence-electron chi connectivity index (χ3n) is 7.39. The quantitative estimate of drug-likeness (QED) is 0.471. The molecule has 2 aromatic heterocycles. The molecule has 1 fully saturated rings. The number of rotatable bonds is 6. The molecule has 3 aromatic rings. The van der Waals surface area contributed by atoms with Crippen LogP contribution in [0, 0.1) is 0 Å². The van der Waals surface area contributed by atoms with E-state index in [1.165, 1.54) is 18.1 Å². The van der Waals surface area contributed by atoms with Crippen molar-refractivity contribution in [1.82, 2.24) is 14.9 Å². The first kappa shape index (κ1) is 23.6. The molecule has 7 nitrogen and oxygen atoms in total. The number of benzene rings is 1. The molecule has 1 saturated heterocycles. The van der Waals surface area contributed by atoms with Crippen molar-refractivity contribution < 1.29 is 14.3 Å². The Morgan fingerprint density at radius 3 is 2.74 bits per heavy atom. The maximum atomic E-state index is 14.1. The summed E-state index contributed by atoms with van der Waals surface area (Å²) in [5.41, 5.74) is 3.38. The Labute approximate surface area is 209 Å². The van der Waals surface area contributed by atoms with Crippen LogP contribution in [0.25, 0.3) is 10.8 Å². The first-order valence-corrected chi connectivity index (χ1v) is 13.4. The van der Waals surface area contributed by atoms with Crippen LogP contribution < -0.4 is 4.90 Å². The van der Waals surface area contributed by atoms with E-state index in [-0.39, 0.29) is 12.0 Å². The fourth-order valence-electron chi connectivity index (χ4n) is 5.55. The van der Waals surface area contributed by atoms with E-state index in [0.717, 1.165) is 40.9 Å². The van der Waals surface area contributed by atoms with Crippen molar-refractivity contribution in [3.05, 3.63) is 65.7 Å². The smallest absolute Gasteiger partial charge is 0.409 e. The Balaban J connectivity index is 1.49. The molecule has 0 aliphatic carbocycles. The molecule has 0 radical (unpaired) electrons. The van der Waals surface area contributed by atoms with Crippen LogP contribution in [0.3, 0.4) is 0 Å². The molecule has 35 heavy (non-hydrogen) atoms. The molecule has 0 unspecified atom stereocenters. The summed E-state index contributed by atoms with van der Waals surface area (Å²) in [6, 6.07) is 10.3. The topological polar surface area (TPSA) is 75.6 Å². The molecule has 5 rings (SSSR count). The first-order valence-electron chi connectivity index (χ1n) is 12.0. The van der Waals surface area contributed by atoms with Crippen LogP contribution in [0.1, 0.15) is 36.1 Å². The van der Waals surface area contributed by atoms with E-state index < -0.39 is 5.41 Å². The van der Waals surface area contributed by atoms with Gasteiger partial charge < -0.3 is 14.5 Å². The number of hydrogen-bond donors (Lipinski definition) is 0. The fraction of sp³-hybridized carbons (Fsp3) is 0.407. The third kappa shape index (κ3) is 4.14. The predicted molar refractivity (Wildman–Crippen MR) is 139 cm³/mol. The number of pyridine rings is 2. The summed E-state index contributed by atoms with van der Waals surface area (Å²) in [7, 11) is 1.39. The fourth-order valence-corrected chi connectivity index (χ4v) is 5.99. The lowest BCUT2D eigenvalue weighted by Gasteiger charge is -2.37. The van der Waals surface area contributed by atoms with E-state index in [2.05, 4.69) is 29.4 Å². The molecule has 1 aromatic carbocycles. The van der Waals surface area contributed by atoms with Crippen LogP contribution in [0.4, 0.5) is 10.5 Å². The third-order valence-corrected chi connectivity index (χ3v) is 8.08. The van der Waals surface area contributed by atoms with Crippen LogP contribution in [-0.2, 0) is 27.9 Å². The molecule has 8 heteroatoms. The van der Waals surface area contributed by atoms with E-state index in [4.69, 9.17) is 9.72 Å². The number of ether oxygens (including phenoxy) is 1. The summed E-state index contributed by atoms with van der Waals surface area (Å²) < 4.78 is 4.90. The molecule has 0 atom stereocenters. The number of piperidine rings is 1. The second-order valence-electron chi connectivity index (χ2n) is 9.19. The zero-order valence-corrected chi connectivity index (χ0v) is 21.0. The minimum absolute atomic E-state index is 0.0787. The molecule has 0 saturated carbocycles. The number of hydrogen-bond acceptors (Lipinski definition) is 6. The Morgan fingerprint density at radius 1 is 1.17 bits per heavy atom. The van der Waals surface area contributed by atoms with Crippen molar-refractivity contribution in [2.24, 2.45) is 0 Å². The van der Waals surface area contributed by atoms with Gasteiger partial charge in [-0.3, -0.25) is 14.8 Å². The van der Waals surface area contributed by atoms with Gasteiger partial charge in [-0.2, -0.15) is 11.8 Å². The number of carbonyl (C=O) groups excluding carboxylic acids is 2. The number of carbonyl (C=O) groups is 2. The zero-order valence-electron chi connectivity index (χ0n) is 20.2. The van der Waals surface area contributed by atoms with E-state index in [1.54, 1.807) is 17.3 Å². The largest absolute Gasteiger partial charge is 0.453 e. The Bertz CT molecular complexity index is 1260. The number of aryl methyl sites for hydroxylation is 1. The normalized spacial score (nSPS) is 16.7. The molecule has 1 spiro atoms. The lowest BCUT2D eigenvalue weighted by atomic mass is 9.74. The second kappa shape index (κ2) is 9.85. The summed E-state index contributed by atoms with van der Waals surface area (Å²) >= 11 is 1.84. The van der Waals surface area contributed by atoms with Gasteiger partial charge in [0.2, 0.25) is 5.91 Å². The van der Waals surface area contributed by atoms with Gasteiger partial charge in [-0.05, 0) is 60.3 Å². The highest BCUT2D eigenvalue weighted by Crippen LogP contribution is 2.48. The molecule has 0 bridgehead atoms. The number of thioether (sulfide) groups is 1. The zero-order chi connectivity index (χ0) is 24.4. The number of amides is 2. The van der Waals surface area contributed by atoms with Crippen LogP contribution >= 0.6 is 11.8 Å². The first-order chi connectivity index (χ1) is 17.1. The van der Waals surface area contributed by atoms with Gasteiger partial charge in [0.15, 0.2) is 0 Å².